The van der Waals surface area contributed by atoms with Crippen LogP contribution in [0.1, 0.15) is 115 Å². The average Bonchev–Trinajstić information content (AvgIpc) is 3.60. The van der Waals surface area contributed by atoms with Gasteiger partial charge < -0.3 is 9.80 Å². The smallest absolute Gasteiger partial charge is 0.0713 e. The van der Waals surface area contributed by atoms with Gasteiger partial charge in [0.2, 0.25) is 0 Å². The number of rotatable bonds is 12. The van der Waals surface area contributed by atoms with E-state index in [2.05, 4.69) is 255 Å². The van der Waals surface area contributed by atoms with Crippen LogP contribution in [0, 0.1) is 34.6 Å². The minimum Gasteiger partial charge on any atom is -0.311 e. The summed E-state index contributed by atoms with van der Waals surface area (Å²) in [6.07, 6.45) is 2.13. The summed E-state index contributed by atoms with van der Waals surface area (Å²) in [5.74, 6) is 0.427. The van der Waals surface area contributed by atoms with Gasteiger partial charge in [0.05, 0.1) is 5.41 Å². The van der Waals surface area contributed by atoms with Gasteiger partial charge in [0.1, 0.15) is 0 Å². The summed E-state index contributed by atoms with van der Waals surface area (Å²) < 4.78 is 0. The second kappa shape index (κ2) is 17.4. The van der Waals surface area contributed by atoms with Gasteiger partial charge in [-0.15, -0.1) is 0 Å². The van der Waals surface area contributed by atoms with E-state index in [1.54, 1.807) is 0 Å². The van der Waals surface area contributed by atoms with E-state index in [-0.39, 0.29) is 5.41 Å². The molecule has 0 spiro atoms. The Labute approximate surface area is 389 Å². The zero-order valence-electron chi connectivity index (χ0n) is 40.1. The lowest BCUT2D eigenvalue weighted by Gasteiger charge is -2.36. The van der Waals surface area contributed by atoms with Crippen LogP contribution in [0.15, 0.2) is 176 Å². The Kier molecular flexibility index (Phi) is 11.7. The summed E-state index contributed by atoms with van der Waals surface area (Å²) >= 11 is 0. The zero-order chi connectivity index (χ0) is 45.6. The van der Waals surface area contributed by atoms with Gasteiger partial charge in [0.25, 0.3) is 0 Å². The highest BCUT2D eigenvalue weighted by Crippen LogP contribution is 2.58. The van der Waals surface area contributed by atoms with Gasteiger partial charge in [-0.3, -0.25) is 0 Å². The molecule has 0 aliphatic heterocycles. The molecule has 1 aliphatic rings. The lowest BCUT2D eigenvalue weighted by molar-refractivity contribution is 0.505. The number of nitrogens with zero attached hydrogens (tertiary/aromatic N) is 2. The Balaban J connectivity index is 1.31. The molecule has 0 fully saturated rings. The van der Waals surface area contributed by atoms with Crippen LogP contribution in [0.4, 0.5) is 34.1 Å². The molecule has 0 amide bonds. The highest BCUT2D eigenvalue weighted by Gasteiger charge is 2.47. The van der Waals surface area contributed by atoms with Crippen molar-refractivity contribution in [2.45, 2.75) is 98.8 Å². The Morgan fingerprint density at radius 2 is 0.785 bits per heavy atom. The van der Waals surface area contributed by atoms with Crippen molar-refractivity contribution in [1.82, 2.24) is 0 Å². The second-order valence-electron chi connectivity index (χ2n) is 19.4. The molecule has 1 unspecified atom stereocenters. The first-order chi connectivity index (χ1) is 31.3. The second-order valence-corrected chi connectivity index (χ2v) is 19.4. The predicted molar refractivity (Wildman–Crippen MR) is 279 cm³/mol. The van der Waals surface area contributed by atoms with E-state index in [1.807, 2.05) is 0 Å². The third kappa shape index (κ3) is 7.88. The van der Waals surface area contributed by atoms with Crippen molar-refractivity contribution in [3.05, 3.63) is 237 Å². The molecule has 0 radical (unpaired) electrons. The molecule has 9 rings (SSSR count). The summed E-state index contributed by atoms with van der Waals surface area (Å²) in [6.45, 7) is 22.7. The third-order valence-electron chi connectivity index (χ3n) is 14.6. The molecule has 0 saturated heterocycles. The molecule has 1 atom stereocenters. The standard InChI is InChI=1S/C63H64N2/c1-11-46(7)58-41-61-59(39-47(58)8)57-38-25-50(62(9,10)12-2)40-60(57)63(61,48-21-34-55(35-22-48)64(51-26-13-42(3)14-27-51)52-28-15-43(4)16-29-52)49-23-36-56(37-24-49)65(53-30-17-44(5)18-31-53)54-32-19-45(6)20-33-54/h13-41,46H,11-12H2,1-10H3. The van der Waals surface area contributed by atoms with Crippen LogP contribution in [0.3, 0.4) is 0 Å². The normalized spacial score (nSPS) is 13.3. The lowest BCUT2D eigenvalue weighted by Crippen LogP contribution is -2.30. The number of hydrogen-bond acceptors (Lipinski definition) is 2. The van der Waals surface area contributed by atoms with Crippen LogP contribution < -0.4 is 9.80 Å². The highest BCUT2D eigenvalue weighted by atomic mass is 15.1. The number of anilines is 6. The summed E-state index contributed by atoms with van der Waals surface area (Å²) in [5.41, 5.74) is 23.3. The topological polar surface area (TPSA) is 6.48 Å². The first-order valence-corrected chi connectivity index (χ1v) is 23.7. The molecule has 65 heavy (non-hydrogen) atoms. The molecule has 0 bridgehead atoms. The van der Waals surface area contributed by atoms with Gasteiger partial charge in [-0.05, 0) is 182 Å². The zero-order valence-corrected chi connectivity index (χ0v) is 40.1. The van der Waals surface area contributed by atoms with Crippen LogP contribution in [0.2, 0.25) is 0 Å². The maximum absolute atomic E-state index is 2.58. The molecule has 0 heterocycles. The van der Waals surface area contributed by atoms with E-state index >= 15 is 0 Å². The lowest BCUT2D eigenvalue weighted by atomic mass is 9.66. The van der Waals surface area contributed by atoms with E-state index in [0.29, 0.717) is 5.92 Å². The predicted octanol–water partition coefficient (Wildman–Crippen LogP) is 17.7. The first-order valence-electron chi connectivity index (χ1n) is 23.7. The van der Waals surface area contributed by atoms with Crippen molar-refractivity contribution in [3.8, 4) is 11.1 Å². The number of fused-ring (bicyclic) bond motifs is 3. The quantitative estimate of drug-likeness (QED) is 0.121. The fourth-order valence-corrected chi connectivity index (χ4v) is 10.0. The van der Waals surface area contributed by atoms with Crippen LogP contribution in [0.5, 0.6) is 0 Å². The minimum absolute atomic E-state index is 0.00617. The van der Waals surface area contributed by atoms with Crippen LogP contribution in [-0.4, -0.2) is 0 Å². The number of benzene rings is 8. The third-order valence-corrected chi connectivity index (χ3v) is 14.6. The SMILES string of the molecule is CCC(C)c1cc2c(cc1C)-c1ccc(C(C)(C)CC)cc1C2(c1ccc(N(c2ccc(C)cc2)c2ccc(C)cc2)cc1)c1ccc(N(c2ccc(C)cc2)c2ccc(C)cc2)cc1. The van der Waals surface area contributed by atoms with E-state index in [9.17, 15) is 0 Å². The maximum atomic E-state index is 2.58. The maximum Gasteiger partial charge on any atom is 0.0713 e. The molecule has 1 aliphatic carbocycles. The van der Waals surface area contributed by atoms with Crippen molar-refractivity contribution >= 4 is 34.1 Å². The largest absolute Gasteiger partial charge is 0.311 e. The fraction of sp³-hybridized carbons (Fsp3) is 0.238. The monoisotopic (exact) mass is 849 g/mol. The number of hydrogen-bond donors (Lipinski definition) is 0. The van der Waals surface area contributed by atoms with Gasteiger partial charge in [0.15, 0.2) is 0 Å². The van der Waals surface area contributed by atoms with Crippen molar-refractivity contribution < 1.29 is 0 Å². The van der Waals surface area contributed by atoms with Crippen LogP contribution in [0.25, 0.3) is 11.1 Å². The molecule has 0 N–H and O–H groups in total. The van der Waals surface area contributed by atoms with Gasteiger partial charge >= 0.3 is 0 Å². The molecule has 2 heteroatoms. The molecule has 2 nitrogen and oxygen atoms in total. The summed E-state index contributed by atoms with van der Waals surface area (Å²) in [6, 6.07) is 67.1. The Bertz CT molecular complexity index is 2710. The fourth-order valence-electron chi connectivity index (χ4n) is 10.0. The van der Waals surface area contributed by atoms with E-state index in [0.717, 1.165) is 47.0 Å². The Morgan fingerprint density at radius 1 is 0.431 bits per heavy atom. The molecule has 8 aromatic carbocycles. The molecule has 0 saturated carbocycles. The Morgan fingerprint density at radius 3 is 1.14 bits per heavy atom. The van der Waals surface area contributed by atoms with Gasteiger partial charge in [-0.25, -0.2) is 0 Å². The van der Waals surface area contributed by atoms with Crippen LogP contribution in [-0.2, 0) is 10.8 Å². The van der Waals surface area contributed by atoms with Crippen molar-refractivity contribution in [2.75, 3.05) is 9.80 Å². The van der Waals surface area contributed by atoms with Crippen LogP contribution >= 0.6 is 0 Å². The highest BCUT2D eigenvalue weighted by molar-refractivity contribution is 5.88. The van der Waals surface area contributed by atoms with Gasteiger partial charge in [-0.1, -0.05) is 160 Å². The summed E-state index contributed by atoms with van der Waals surface area (Å²) in [5, 5.41) is 0. The first kappa shape index (κ1) is 43.6. The van der Waals surface area contributed by atoms with Crippen molar-refractivity contribution in [3.63, 3.8) is 0 Å². The van der Waals surface area contributed by atoms with Gasteiger partial charge in [0, 0.05) is 34.1 Å². The molecule has 8 aromatic rings. The average molecular weight is 849 g/mol. The van der Waals surface area contributed by atoms with E-state index in [4.69, 9.17) is 0 Å². The summed E-state index contributed by atoms with van der Waals surface area (Å²) in [4.78, 5) is 4.77. The molecule has 326 valence electrons. The van der Waals surface area contributed by atoms with Gasteiger partial charge in [-0.2, -0.15) is 0 Å². The number of aryl methyl sites for hydroxylation is 5. The van der Waals surface area contributed by atoms with E-state index in [1.165, 1.54) is 72.3 Å². The molecular weight excluding hydrogens is 785 g/mol. The van der Waals surface area contributed by atoms with Crippen molar-refractivity contribution in [1.29, 1.82) is 0 Å². The van der Waals surface area contributed by atoms with E-state index < -0.39 is 5.41 Å². The molecule has 0 aromatic heterocycles. The minimum atomic E-state index is -0.589. The molecular formula is C63H64N2. The Hall–Kier alpha value is -6.64. The van der Waals surface area contributed by atoms with Crippen molar-refractivity contribution in [2.24, 2.45) is 0 Å². The summed E-state index contributed by atoms with van der Waals surface area (Å²) in [7, 11) is 0.